The Labute approximate surface area is 117 Å². The minimum atomic E-state index is -4.75. The van der Waals surface area contributed by atoms with Crippen LogP contribution in [0.3, 0.4) is 0 Å². The minimum Gasteiger partial charge on any atom is -0.406 e. The molecule has 5 nitrogen and oxygen atoms in total. The number of rotatable bonds is 2. The van der Waals surface area contributed by atoms with Crippen molar-refractivity contribution in [2.24, 2.45) is 0 Å². The molecule has 0 bridgehead atoms. The molecule has 2 heterocycles. The number of hydrogen-bond acceptors (Lipinski definition) is 3. The Balaban J connectivity index is 2.04. The fourth-order valence-corrected chi connectivity index (χ4v) is 2.73. The zero-order chi connectivity index (χ0) is 15.0. The van der Waals surface area contributed by atoms with Crippen LogP contribution in [0, 0.1) is 0 Å². The second-order valence-corrected chi connectivity index (χ2v) is 5.01. The van der Waals surface area contributed by atoms with Gasteiger partial charge in [-0.3, -0.25) is 4.57 Å². The van der Waals surface area contributed by atoms with Gasteiger partial charge >= 0.3 is 12.1 Å². The second-order valence-electron chi connectivity index (χ2n) is 5.01. The molecule has 1 saturated heterocycles. The molecule has 0 atom stereocenters. The fourth-order valence-electron chi connectivity index (χ4n) is 2.73. The van der Waals surface area contributed by atoms with E-state index in [2.05, 4.69) is 15.0 Å². The maximum absolute atomic E-state index is 12.3. The maximum atomic E-state index is 12.3. The largest absolute Gasteiger partial charge is 0.573 e. The number of H-pyrrole nitrogens is 1. The summed E-state index contributed by atoms with van der Waals surface area (Å²) < 4.78 is 42.3. The monoisotopic (exact) mass is 301 g/mol. The van der Waals surface area contributed by atoms with Gasteiger partial charge in [0.25, 0.3) is 0 Å². The Morgan fingerprint density at radius 2 is 1.95 bits per heavy atom. The molecular weight excluding hydrogens is 287 g/mol. The second kappa shape index (κ2) is 5.10. The molecule has 1 aliphatic rings. The van der Waals surface area contributed by atoms with E-state index in [0.717, 1.165) is 25.9 Å². The first-order chi connectivity index (χ1) is 9.94. The lowest BCUT2D eigenvalue weighted by atomic mass is 10.1. The smallest absolute Gasteiger partial charge is 0.406 e. The van der Waals surface area contributed by atoms with Gasteiger partial charge in [-0.15, -0.1) is 13.2 Å². The molecule has 0 aliphatic carbocycles. The molecule has 0 amide bonds. The summed E-state index contributed by atoms with van der Waals surface area (Å²) in [6, 6.07) is 3.85. The van der Waals surface area contributed by atoms with Gasteiger partial charge in [0.2, 0.25) is 0 Å². The molecule has 2 N–H and O–H groups in total. The van der Waals surface area contributed by atoms with Crippen LogP contribution in [-0.4, -0.2) is 29.0 Å². The van der Waals surface area contributed by atoms with Gasteiger partial charge in [-0.05, 0) is 38.1 Å². The number of piperidine rings is 1. The van der Waals surface area contributed by atoms with Crippen LogP contribution in [0.25, 0.3) is 11.0 Å². The van der Waals surface area contributed by atoms with Gasteiger partial charge < -0.3 is 15.0 Å². The number of ether oxygens (including phenoxy) is 1. The molecule has 1 aliphatic heterocycles. The maximum Gasteiger partial charge on any atom is 0.573 e. The number of benzene rings is 1. The van der Waals surface area contributed by atoms with E-state index in [1.54, 1.807) is 0 Å². The van der Waals surface area contributed by atoms with Gasteiger partial charge in [0.05, 0.1) is 11.0 Å². The minimum absolute atomic E-state index is 0.0198. The average molecular weight is 301 g/mol. The van der Waals surface area contributed by atoms with E-state index in [1.807, 2.05) is 0 Å². The van der Waals surface area contributed by atoms with E-state index >= 15 is 0 Å². The predicted octanol–water partition coefficient (Wildman–Crippen LogP) is 2.15. The molecule has 114 valence electrons. The first-order valence-electron chi connectivity index (χ1n) is 6.65. The summed E-state index contributed by atoms with van der Waals surface area (Å²) in [6.07, 6.45) is -3.22. The van der Waals surface area contributed by atoms with Crippen LogP contribution in [0.5, 0.6) is 5.75 Å². The van der Waals surface area contributed by atoms with E-state index in [4.69, 9.17) is 0 Å². The summed E-state index contributed by atoms with van der Waals surface area (Å²) in [5.74, 6) is -0.323. The molecular formula is C13H14F3N3O2. The molecule has 0 unspecified atom stereocenters. The Kier molecular flexibility index (Phi) is 3.40. The number of hydrogen-bond donors (Lipinski definition) is 2. The van der Waals surface area contributed by atoms with Crippen molar-refractivity contribution in [1.82, 2.24) is 14.9 Å². The van der Waals surface area contributed by atoms with E-state index in [0.29, 0.717) is 11.0 Å². The molecule has 0 radical (unpaired) electrons. The van der Waals surface area contributed by atoms with E-state index < -0.39 is 6.36 Å². The zero-order valence-electron chi connectivity index (χ0n) is 11.0. The number of aromatic nitrogens is 2. The molecule has 0 saturated carbocycles. The Morgan fingerprint density at radius 1 is 1.24 bits per heavy atom. The third-order valence-electron chi connectivity index (χ3n) is 3.60. The van der Waals surface area contributed by atoms with Crippen molar-refractivity contribution in [2.45, 2.75) is 25.2 Å². The van der Waals surface area contributed by atoms with Crippen molar-refractivity contribution >= 4 is 11.0 Å². The Bertz CT molecular complexity index is 699. The molecule has 8 heteroatoms. The fraction of sp³-hybridized carbons (Fsp3) is 0.462. The molecule has 1 aromatic carbocycles. The van der Waals surface area contributed by atoms with E-state index in [1.165, 1.54) is 22.8 Å². The lowest BCUT2D eigenvalue weighted by molar-refractivity contribution is -0.274. The summed E-state index contributed by atoms with van der Waals surface area (Å²) in [7, 11) is 0. The third kappa shape index (κ3) is 2.90. The molecule has 1 aromatic heterocycles. The van der Waals surface area contributed by atoms with Crippen LogP contribution >= 0.6 is 0 Å². The first kappa shape index (κ1) is 14.0. The number of imidazole rings is 1. The number of nitrogens with zero attached hydrogens (tertiary/aromatic N) is 1. The third-order valence-corrected chi connectivity index (χ3v) is 3.60. The van der Waals surface area contributed by atoms with Gasteiger partial charge in [0.1, 0.15) is 5.75 Å². The van der Waals surface area contributed by atoms with Crippen LogP contribution in [0.2, 0.25) is 0 Å². The number of nitrogens with one attached hydrogen (secondary N) is 2. The van der Waals surface area contributed by atoms with Gasteiger partial charge in [0, 0.05) is 12.1 Å². The van der Waals surface area contributed by atoms with Gasteiger partial charge in [-0.1, -0.05) is 0 Å². The zero-order valence-corrected chi connectivity index (χ0v) is 11.0. The summed E-state index contributed by atoms with van der Waals surface area (Å²) in [5, 5.41) is 3.19. The van der Waals surface area contributed by atoms with Crippen LogP contribution < -0.4 is 15.7 Å². The number of alkyl halides is 3. The van der Waals surface area contributed by atoms with E-state index in [9.17, 15) is 18.0 Å². The predicted molar refractivity (Wildman–Crippen MR) is 70.4 cm³/mol. The highest BCUT2D eigenvalue weighted by atomic mass is 19.4. The average Bonchev–Trinajstić information content (AvgIpc) is 2.73. The Morgan fingerprint density at radius 3 is 2.62 bits per heavy atom. The van der Waals surface area contributed by atoms with Gasteiger partial charge in [-0.25, -0.2) is 4.79 Å². The molecule has 2 aromatic rings. The lowest BCUT2D eigenvalue weighted by Crippen LogP contribution is -2.33. The number of fused-ring (bicyclic) bond motifs is 1. The van der Waals surface area contributed by atoms with Gasteiger partial charge in [0.15, 0.2) is 0 Å². The van der Waals surface area contributed by atoms with Crippen LogP contribution in [0.15, 0.2) is 23.0 Å². The van der Waals surface area contributed by atoms with Crippen molar-refractivity contribution in [2.75, 3.05) is 13.1 Å². The highest BCUT2D eigenvalue weighted by Crippen LogP contribution is 2.28. The summed E-state index contributed by atoms with van der Waals surface area (Å²) in [5.41, 5.74) is 0.641. The highest BCUT2D eigenvalue weighted by molar-refractivity contribution is 5.77. The van der Waals surface area contributed by atoms with Crippen LogP contribution in [-0.2, 0) is 0 Å². The van der Waals surface area contributed by atoms with Crippen molar-refractivity contribution in [1.29, 1.82) is 0 Å². The first-order valence-corrected chi connectivity index (χ1v) is 6.65. The summed E-state index contributed by atoms with van der Waals surface area (Å²) >= 11 is 0. The Hall–Kier alpha value is -1.96. The molecule has 1 fully saturated rings. The molecule has 3 rings (SSSR count). The summed E-state index contributed by atoms with van der Waals surface area (Å²) in [4.78, 5) is 14.7. The number of aromatic amines is 1. The molecule has 21 heavy (non-hydrogen) atoms. The quantitative estimate of drug-likeness (QED) is 0.893. The standard InChI is InChI=1S/C13H14F3N3O2/c14-13(15,16)21-9-1-2-10-11(7-9)19(12(20)18-10)8-3-5-17-6-4-8/h1-2,7-8,17H,3-6H2,(H,18,20). The van der Waals surface area contributed by atoms with Crippen molar-refractivity contribution in [3.63, 3.8) is 0 Å². The topological polar surface area (TPSA) is 59.1 Å². The summed E-state index contributed by atoms with van der Waals surface area (Å²) in [6.45, 7) is 1.56. The normalized spacial score (nSPS) is 17.3. The van der Waals surface area contributed by atoms with E-state index in [-0.39, 0.29) is 17.5 Å². The van der Waals surface area contributed by atoms with Crippen LogP contribution in [0.1, 0.15) is 18.9 Å². The lowest BCUT2D eigenvalue weighted by Gasteiger charge is -2.23. The van der Waals surface area contributed by atoms with Gasteiger partial charge in [-0.2, -0.15) is 0 Å². The highest BCUT2D eigenvalue weighted by Gasteiger charge is 2.31. The van der Waals surface area contributed by atoms with Crippen LogP contribution in [0.4, 0.5) is 13.2 Å². The van der Waals surface area contributed by atoms with Crippen molar-refractivity contribution in [3.05, 3.63) is 28.7 Å². The number of halogens is 3. The van der Waals surface area contributed by atoms with Crippen molar-refractivity contribution in [3.8, 4) is 5.75 Å². The molecule has 0 spiro atoms. The van der Waals surface area contributed by atoms with Crippen molar-refractivity contribution < 1.29 is 17.9 Å². The SMILES string of the molecule is O=c1[nH]c2ccc(OC(F)(F)F)cc2n1C1CCNCC1.